The zero-order valence-corrected chi connectivity index (χ0v) is 11.1. The van der Waals surface area contributed by atoms with Crippen molar-refractivity contribution < 1.29 is 0 Å². The van der Waals surface area contributed by atoms with Crippen LogP contribution in [0.1, 0.15) is 36.5 Å². The Kier molecular flexibility index (Phi) is 3.78. The highest BCUT2D eigenvalue weighted by Gasteiger charge is 2.28. The van der Waals surface area contributed by atoms with Crippen molar-refractivity contribution in [3.8, 4) is 0 Å². The van der Waals surface area contributed by atoms with Gasteiger partial charge in [0.05, 0.1) is 5.54 Å². The van der Waals surface area contributed by atoms with Crippen molar-refractivity contribution in [2.24, 2.45) is 5.73 Å². The molecule has 2 aromatic rings. The van der Waals surface area contributed by atoms with Gasteiger partial charge in [0, 0.05) is 12.4 Å². The molecule has 1 unspecified atom stereocenters. The smallest absolute Gasteiger partial charge is 0.0680 e. The summed E-state index contributed by atoms with van der Waals surface area (Å²) >= 11 is 0. The van der Waals surface area contributed by atoms with Crippen LogP contribution in [-0.4, -0.2) is 4.98 Å². The molecule has 1 heterocycles. The maximum absolute atomic E-state index is 6.68. The molecule has 0 aliphatic carbocycles. The number of pyridine rings is 1. The molecule has 1 atom stereocenters. The summed E-state index contributed by atoms with van der Waals surface area (Å²) in [6, 6.07) is 12.4. The second kappa shape index (κ2) is 5.32. The second-order valence-corrected chi connectivity index (χ2v) is 4.84. The Balaban J connectivity index is 2.50. The number of nitrogens with two attached hydrogens (primary N) is 1. The van der Waals surface area contributed by atoms with Gasteiger partial charge in [-0.2, -0.15) is 0 Å². The summed E-state index contributed by atoms with van der Waals surface area (Å²) in [4.78, 5) is 4.28. The first-order chi connectivity index (χ1) is 8.66. The van der Waals surface area contributed by atoms with Crippen LogP contribution in [0.25, 0.3) is 0 Å². The third-order valence-corrected chi connectivity index (χ3v) is 3.32. The van der Waals surface area contributed by atoms with E-state index in [1.807, 2.05) is 37.5 Å². The second-order valence-electron chi connectivity index (χ2n) is 4.84. The topological polar surface area (TPSA) is 38.9 Å². The van der Waals surface area contributed by atoms with E-state index >= 15 is 0 Å². The summed E-state index contributed by atoms with van der Waals surface area (Å²) in [5.41, 5.74) is 9.64. The lowest BCUT2D eigenvalue weighted by atomic mass is 9.81. The summed E-state index contributed by atoms with van der Waals surface area (Å²) in [6.07, 6.45) is 5.71. The Bertz CT molecular complexity index is 508. The van der Waals surface area contributed by atoms with Crippen molar-refractivity contribution in [1.82, 2.24) is 4.98 Å². The van der Waals surface area contributed by atoms with Crippen LogP contribution in [0.5, 0.6) is 0 Å². The van der Waals surface area contributed by atoms with Crippen molar-refractivity contribution in [3.05, 3.63) is 65.5 Å². The lowest BCUT2D eigenvalue weighted by Gasteiger charge is -2.30. The van der Waals surface area contributed by atoms with Gasteiger partial charge >= 0.3 is 0 Å². The van der Waals surface area contributed by atoms with Crippen molar-refractivity contribution in [1.29, 1.82) is 0 Å². The van der Waals surface area contributed by atoms with E-state index in [1.54, 1.807) is 0 Å². The SMILES string of the molecule is CCCC(N)(c1ccccc1)c1cncc(C)c1. The Labute approximate surface area is 109 Å². The average molecular weight is 240 g/mol. The minimum atomic E-state index is -0.435. The fourth-order valence-corrected chi connectivity index (χ4v) is 2.38. The van der Waals surface area contributed by atoms with E-state index in [1.165, 1.54) is 0 Å². The van der Waals surface area contributed by atoms with Crippen LogP contribution < -0.4 is 5.73 Å². The zero-order valence-electron chi connectivity index (χ0n) is 11.1. The molecule has 1 aromatic heterocycles. The van der Waals surface area contributed by atoms with Gasteiger partial charge in [-0.05, 0) is 30.0 Å². The summed E-state index contributed by atoms with van der Waals surface area (Å²) in [6.45, 7) is 4.21. The lowest BCUT2D eigenvalue weighted by molar-refractivity contribution is 0.483. The lowest BCUT2D eigenvalue weighted by Crippen LogP contribution is -2.38. The van der Waals surface area contributed by atoms with Crippen LogP contribution in [0, 0.1) is 6.92 Å². The third kappa shape index (κ3) is 2.44. The van der Waals surface area contributed by atoms with E-state index in [4.69, 9.17) is 5.73 Å². The highest BCUT2D eigenvalue weighted by atomic mass is 14.8. The fourth-order valence-electron chi connectivity index (χ4n) is 2.38. The van der Waals surface area contributed by atoms with Crippen LogP contribution in [-0.2, 0) is 5.54 Å². The molecule has 0 saturated carbocycles. The quantitative estimate of drug-likeness (QED) is 0.889. The van der Waals surface area contributed by atoms with Crippen molar-refractivity contribution in [2.75, 3.05) is 0 Å². The molecule has 0 saturated heterocycles. The van der Waals surface area contributed by atoms with Gasteiger partial charge < -0.3 is 5.73 Å². The zero-order chi connectivity index (χ0) is 13.0. The number of benzene rings is 1. The molecule has 2 rings (SSSR count). The van der Waals surface area contributed by atoms with Gasteiger partial charge in [0.2, 0.25) is 0 Å². The standard InChI is InChI=1S/C16H20N2/c1-3-9-16(17,14-7-5-4-6-8-14)15-10-13(2)11-18-12-15/h4-8,10-12H,3,9,17H2,1-2H3. The molecule has 0 aliphatic rings. The molecule has 18 heavy (non-hydrogen) atoms. The number of nitrogens with zero attached hydrogens (tertiary/aromatic N) is 1. The summed E-state index contributed by atoms with van der Waals surface area (Å²) < 4.78 is 0. The predicted octanol–water partition coefficient (Wildman–Crippen LogP) is 3.39. The molecule has 0 fully saturated rings. The van der Waals surface area contributed by atoms with Crippen LogP contribution in [0.2, 0.25) is 0 Å². The number of aryl methyl sites for hydroxylation is 1. The molecule has 2 heteroatoms. The summed E-state index contributed by atoms with van der Waals surface area (Å²) in [5, 5.41) is 0. The van der Waals surface area contributed by atoms with E-state index in [-0.39, 0.29) is 0 Å². The van der Waals surface area contributed by atoms with Crippen molar-refractivity contribution >= 4 is 0 Å². The Hall–Kier alpha value is -1.67. The number of hydrogen-bond acceptors (Lipinski definition) is 2. The van der Waals surface area contributed by atoms with E-state index in [0.717, 1.165) is 29.5 Å². The maximum atomic E-state index is 6.68. The van der Waals surface area contributed by atoms with Gasteiger partial charge in [0.1, 0.15) is 0 Å². The van der Waals surface area contributed by atoms with Gasteiger partial charge in [-0.25, -0.2) is 0 Å². The Morgan fingerprint density at radius 1 is 1.11 bits per heavy atom. The molecule has 0 bridgehead atoms. The van der Waals surface area contributed by atoms with Gasteiger partial charge in [0.15, 0.2) is 0 Å². The fraction of sp³-hybridized carbons (Fsp3) is 0.312. The van der Waals surface area contributed by atoms with Crippen LogP contribution >= 0.6 is 0 Å². The molecule has 0 aliphatic heterocycles. The maximum Gasteiger partial charge on any atom is 0.0680 e. The first-order valence-electron chi connectivity index (χ1n) is 6.43. The number of rotatable bonds is 4. The first-order valence-corrected chi connectivity index (χ1v) is 6.43. The third-order valence-electron chi connectivity index (χ3n) is 3.32. The molecule has 2 nitrogen and oxygen atoms in total. The molecule has 0 amide bonds. The minimum absolute atomic E-state index is 0.435. The molecule has 94 valence electrons. The molecule has 0 radical (unpaired) electrons. The van der Waals surface area contributed by atoms with Gasteiger partial charge in [-0.3, -0.25) is 4.98 Å². The van der Waals surface area contributed by atoms with E-state index in [0.29, 0.717) is 0 Å². The molecule has 2 N–H and O–H groups in total. The summed E-state index contributed by atoms with van der Waals surface area (Å²) in [7, 11) is 0. The largest absolute Gasteiger partial charge is 0.318 e. The Morgan fingerprint density at radius 3 is 2.44 bits per heavy atom. The van der Waals surface area contributed by atoms with Crippen LogP contribution in [0.3, 0.4) is 0 Å². The average Bonchev–Trinajstić information content (AvgIpc) is 2.40. The van der Waals surface area contributed by atoms with Gasteiger partial charge in [-0.15, -0.1) is 0 Å². The van der Waals surface area contributed by atoms with Crippen LogP contribution in [0.4, 0.5) is 0 Å². The molecule has 0 spiro atoms. The normalized spacial score (nSPS) is 14.2. The number of hydrogen-bond donors (Lipinski definition) is 1. The highest BCUT2D eigenvalue weighted by Crippen LogP contribution is 2.31. The molecular weight excluding hydrogens is 220 g/mol. The Morgan fingerprint density at radius 2 is 1.83 bits per heavy atom. The minimum Gasteiger partial charge on any atom is -0.318 e. The first kappa shape index (κ1) is 12.8. The van der Waals surface area contributed by atoms with E-state index < -0.39 is 5.54 Å². The van der Waals surface area contributed by atoms with Gasteiger partial charge in [0.25, 0.3) is 0 Å². The van der Waals surface area contributed by atoms with Gasteiger partial charge in [-0.1, -0.05) is 49.7 Å². The molecular formula is C16H20N2. The van der Waals surface area contributed by atoms with Crippen molar-refractivity contribution in [2.45, 2.75) is 32.2 Å². The number of aromatic nitrogens is 1. The monoisotopic (exact) mass is 240 g/mol. The summed E-state index contributed by atoms with van der Waals surface area (Å²) in [5.74, 6) is 0. The van der Waals surface area contributed by atoms with Crippen LogP contribution in [0.15, 0.2) is 48.8 Å². The van der Waals surface area contributed by atoms with Crippen molar-refractivity contribution in [3.63, 3.8) is 0 Å². The predicted molar refractivity (Wildman–Crippen MR) is 75.3 cm³/mol. The van der Waals surface area contributed by atoms with E-state index in [9.17, 15) is 0 Å². The highest BCUT2D eigenvalue weighted by molar-refractivity contribution is 5.37. The molecule has 1 aromatic carbocycles. The van der Waals surface area contributed by atoms with E-state index in [2.05, 4.69) is 30.1 Å².